The first-order valence-corrected chi connectivity index (χ1v) is 11.0. The minimum absolute atomic E-state index is 0.123. The Kier molecular flexibility index (Phi) is 6.61. The van der Waals surface area contributed by atoms with Crippen molar-refractivity contribution < 1.29 is 19.1 Å². The molecule has 1 fully saturated rings. The van der Waals surface area contributed by atoms with Gasteiger partial charge in [0.25, 0.3) is 5.91 Å². The van der Waals surface area contributed by atoms with Gasteiger partial charge in [0.15, 0.2) is 5.60 Å². The van der Waals surface area contributed by atoms with Crippen LogP contribution in [0, 0.1) is 0 Å². The highest BCUT2D eigenvalue weighted by atomic mass is 35.5. The monoisotopic (exact) mass is 456 g/mol. The second kappa shape index (κ2) is 8.56. The smallest absolute Gasteiger partial charge is 0.410 e. The summed E-state index contributed by atoms with van der Waals surface area (Å²) in [5, 5.41) is 1.16. The van der Waals surface area contributed by atoms with Gasteiger partial charge in [0, 0.05) is 30.2 Å². The standard InChI is InChI=1S/C22H30Cl2N2O4/c1-14-18-15(11-16(23)12-17(18)24)7-10-26(14)19(27)22(29-5)8-6-9-25(13-22)20(28)30-21(2,3)4/h11-12,14H,6-10,13H2,1-5H3/t14-,22?/m0/s1. The lowest BCUT2D eigenvalue weighted by Crippen LogP contribution is -2.61. The Morgan fingerprint density at radius 3 is 2.53 bits per heavy atom. The topological polar surface area (TPSA) is 59.1 Å². The maximum absolute atomic E-state index is 13.7. The molecule has 0 aliphatic carbocycles. The SMILES string of the molecule is COC1(C(=O)N2CCc3cc(Cl)cc(Cl)c3[C@@H]2C)CCCN(C(=O)OC(C)(C)C)C1. The minimum Gasteiger partial charge on any atom is -0.444 e. The van der Waals surface area contributed by atoms with Gasteiger partial charge in [-0.05, 0) is 70.2 Å². The van der Waals surface area contributed by atoms with E-state index in [0.29, 0.717) is 42.4 Å². The number of hydrogen-bond acceptors (Lipinski definition) is 4. The van der Waals surface area contributed by atoms with Crippen molar-refractivity contribution in [3.8, 4) is 0 Å². The van der Waals surface area contributed by atoms with Gasteiger partial charge in [0.05, 0.1) is 12.6 Å². The van der Waals surface area contributed by atoms with Crippen LogP contribution in [0.2, 0.25) is 10.0 Å². The average Bonchev–Trinajstić information content (AvgIpc) is 2.66. The number of hydrogen-bond donors (Lipinski definition) is 0. The lowest BCUT2D eigenvalue weighted by molar-refractivity contribution is -0.164. The first kappa shape index (κ1) is 23.2. The third kappa shape index (κ3) is 4.56. The van der Waals surface area contributed by atoms with Crippen LogP contribution in [0.15, 0.2) is 12.1 Å². The van der Waals surface area contributed by atoms with Crippen molar-refractivity contribution in [1.82, 2.24) is 9.80 Å². The van der Waals surface area contributed by atoms with Gasteiger partial charge in [-0.3, -0.25) is 4.79 Å². The highest BCUT2D eigenvalue weighted by Crippen LogP contribution is 2.39. The van der Waals surface area contributed by atoms with Crippen molar-refractivity contribution in [2.45, 2.75) is 64.2 Å². The number of piperidine rings is 1. The van der Waals surface area contributed by atoms with E-state index in [1.165, 1.54) is 7.11 Å². The molecule has 0 N–H and O–H groups in total. The summed E-state index contributed by atoms with van der Waals surface area (Å²) in [5.41, 5.74) is 0.290. The summed E-state index contributed by atoms with van der Waals surface area (Å²) >= 11 is 12.6. The number of fused-ring (bicyclic) bond motifs is 1. The average molecular weight is 457 g/mol. The molecule has 2 aliphatic heterocycles. The highest BCUT2D eigenvalue weighted by Gasteiger charge is 2.48. The number of benzene rings is 1. The number of carbonyl (C=O) groups excluding carboxylic acids is 2. The van der Waals surface area contributed by atoms with E-state index in [1.54, 1.807) is 11.0 Å². The van der Waals surface area contributed by atoms with Crippen molar-refractivity contribution in [2.24, 2.45) is 0 Å². The van der Waals surface area contributed by atoms with Crippen LogP contribution < -0.4 is 0 Å². The molecule has 1 aromatic carbocycles. The lowest BCUT2D eigenvalue weighted by Gasteiger charge is -2.45. The molecular weight excluding hydrogens is 427 g/mol. The molecule has 1 unspecified atom stereocenters. The zero-order valence-corrected chi connectivity index (χ0v) is 19.8. The van der Waals surface area contributed by atoms with E-state index in [4.69, 9.17) is 32.7 Å². The fourth-order valence-electron chi connectivity index (χ4n) is 4.37. The van der Waals surface area contributed by atoms with E-state index in [-0.39, 0.29) is 18.5 Å². The molecule has 1 aromatic rings. The summed E-state index contributed by atoms with van der Waals surface area (Å²) in [4.78, 5) is 29.7. The molecule has 166 valence electrons. The van der Waals surface area contributed by atoms with Crippen molar-refractivity contribution in [1.29, 1.82) is 0 Å². The van der Waals surface area contributed by atoms with Gasteiger partial charge in [0.1, 0.15) is 5.60 Å². The number of nitrogens with zero attached hydrogens (tertiary/aromatic N) is 2. The Labute approximate surface area is 188 Å². The van der Waals surface area contributed by atoms with E-state index in [2.05, 4.69) is 0 Å². The van der Waals surface area contributed by atoms with Crippen LogP contribution in [-0.2, 0) is 20.7 Å². The van der Waals surface area contributed by atoms with E-state index in [1.807, 2.05) is 38.7 Å². The first-order valence-electron chi connectivity index (χ1n) is 10.3. The molecule has 2 atom stereocenters. The van der Waals surface area contributed by atoms with Crippen LogP contribution in [0.25, 0.3) is 0 Å². The minimum atomic E-state index is -1.10. The molecule has 2 aliphatic rings. The third-order valence-electron chi connectivity index (χ3n) is 5.84. The largest absolute Gasteiger partial charge is 0.444 e. The molecule has 30 heavy (non-hydrogen) atoms. The number of ether oxygens (including phenoxy) is 2. The number of likely N-dealkylation sites (tertiary alicyclic amines) is 1. The number of rotatable bonds is 2. The summed E-state index contributed by atoms with van der Waals surface area (Å²) in [6.45, 7) is 8.69. The van der Waals surface area contributed by atoms with E-state index < -0.39 is 17.3 Å². The Bertz CT molecular complexity index is 839. The molecule has 0 spiro atoms. The van der Waals surface area contributed by atoms with Crippen LogP contribution in [0.4, 0.5) is 4.79 Å². The maximum Gasteiger partial charge on any atom is 0.410 e. The number of carbonyl (C=O) groups is 2. The fourth-order valence-corrected chi connectivity index (χ4v) is 5.07. The lowest BCUT2D eigenvalue weighted by atomic mass is 9.87. The number of halogens is 2. The fraction of sp³-hybridized carbons (Fsp3) is 0.636. The van der Waals surface area contributed by atoms with Gasteiger partial charge in [0.2, 0.25) is 0 Å². The van der Waals surface area contributed by atoms with Crippen molar-refractivity contribution in [3.63, 3.8) is 0 Å². The molecule has 0 aromatic heterocycles. The third-order valence-corrected chi connectivity index (χ3v) is 6.37. The second-order valence-corrected chi connectivity index (χ2v) is 9.93. The predicted octanol–water partition coefficient (Wildman–Crippen LogP) is 4.86. The van der Waals surface area contributed by atoms with Crippen LogP contribution in [-0.4, -0.2) is 59.7 Å². The van der Waals surface area contributed by atoms with Crippen molar-refractivity contribution in [3.05, 3.63) is 33.3 Å². The van der Waals surface area contributed by atoms with E-state index >= 15 is 0 Å². The molecule has 0 bridgehead atoms. The van der Waals surface area contributed by atoms with Crippen molar-refractivity contribution >= 4 is 35.2 Å². The van der Waals surface area contributed by atoms with Crippen molar-refractivity contribution in [2.75, 3.05) is 26.7 Å². The maximum atomic E-state index is 13.7. The van der Waals surface area contributed by atoms with Crippen LogP contribution in [0.5, 0.6) is 0 Å². The van der Waals surface area contributed by atoms with Gasteiger partial charge in [-0.1, -0.05) is 23.2 Å². The van der Waals surface area contributed by atoms with Gasteiger partial charge < -0.3 is 19.3 Å². The van der Waals surface area contributed by atoms with Gasteiger partial charge in [-0.15, -0.1) is 0 Å². The normalized spacial score (nSPS) is 24.4. The molecule has 0 saturated carbocycles. The van der Waals surface area contributed by atoms with Crippen LogP contribution in [0.3, 0.4) is 0 Å². The van der Waals surface area contributed by atoms with Crippen LogP contribution >= 0.6 is 23.2 Å². The molecular formula is C22H30Cl2N2O4. The number of methoxy groups -OCH3 is 1. The van der Waals surface area contributed by atoms with Gasteiger partial charge >= 0.3 is 6.09 Å². The molecule has 8 heteroatoms. The quantitative estimate of drug-likeness (QED) is 0.637. The first-order chi connectivity index (χ1) is 14.0. The molecule has 2 heterocycles. The molecule has 1 saturated heterocycles. The molecule has 6 nitrogen and oxygen atoms in total. The summed E-state index contributed by atoms with van der Waals surface area (Å²) in [7, 11) is 1.53. The predicted molar refractivity (Wildman–Crippen MR) is 117 cm³/mol. The number of amides is 2. The molecule has 0 radical (unpaired) electrons. The summed E-state index contributed by atoms with van der Waals surface area (Å²) in [6.07, 6.45) is 1.45. The summed E-state index contributed by atoms with van der Waals surface area (Å²) in [5.74, 6) is -0.123. The van der Waals surface area contributed by atoms with Crippen LogP contribution in [0.1, 0.15) is 57.7 Å². The van der Waals surface area contributed by atoms with E-state index in [9.17, 15) is 9.59 Å². The van der Waals surface area contributed by atoms with Gasteiger partial charge in [-0.2, -0.15) is 0 Å². The molecule has 2 amide bonds. The summed E-state index contributed by atoms with van der Waals surface area (Å²) < 4.78 is 11.3. The Balaban J connectivity index is 1.84. The highest BCUT2D eigenvalue weighted by molar-refractivity contribution is 6.35. The zero-order chi connectivity index (χ0) is 22.3. The Hall–Kier alpha value is -1.50. The zero-order valence-electron chi connectivity index (χ0n) is 18.3. The molecule has 3 rings (SSSR count). The Morgan fingerprint density at radius 1 is 1.20 bits per heavy atom. The van der Waals surface area contributed by atoms with Gasteiger partial charge in [-0.25, -0.2) is 4.79 Å². The Morgan fingerprint density at radius 2 is 1.90 bits per heavy atom. The second-order valence-electron chi connectivity index (χ2n) is 9.09. The van der Waals surface area contributed by atoms with E-state index in [0.717, 1.165) is 11.1 Å². The summed E-state index contributed by atoms with van der Waals surface area (Å²) in [6, 6.07) is 3.41.